The number of carbonyl (C=O) groups is 2. The number of anilines is 1. The van der Waals surface area contributed by atoms with Gasteiger partial charge in [-0.15, -0.1) is 11.3 Å². The Bertz CT molecular complexity index is 975. The van der Waals surface area contributed by atoms with Crippen molar-refractivity contribution in [2.24, 2.45) is 0 Å². The molecule has 2 aromatic carbocycles. The number of amides is 1. The van der Waals surface area contributed by atoms with E-state index in [1.165, 1.54) is 16.9 Å². The number of esters is 1. The third-order valence-electron chi connectivity index (χ3n) is 4.56. The average molecular weight is 394 g/mol. The molecular formula is C23H23NO3S. The predicted octanol–water partition coefficient (Wildman–Crippen LogP) is 5.38. The first-order valence-electron chi connectivity index (χ1n) is 9.21. The summed E-state index contributed by atoms with van der Waals surface area (Å²) in [5.41, 5.74) is 4.20. The molecule has 0 spiro atoms. The average Bonchev–Trinajstić information content (AvgIpc) is 2.96. The fourth-order valence-corrected chi connectivity index (χ4v) is 3.99. The molecule has 1 N–H and O–H groups in total. The summed E-state index contributed by atoms with van der Waals surface area (Å²) < 4.78 is 5.14. The van der Waals surface area contributed by atoms with Gasteiger partial charge in [-0.05, 0) is 56.0 Å². The van der Waals surface area contributed by atoms with E-state index in [2.05, 4.69) is 17.4 Å². The van der Waals surface area contributed by atoms with Crippen LogP contribution in [0.5, 0.6) is 0 Å². The Kier molecular flexibility index (Phi) is 6.26. The van der Waals surface area contributed by atoms with E-state index < -0.39 is 5.97 Å². The number of hydrogen-bond acceptors (Lipinski definition) is 4. The molecule has 0 radical (unpaired) electrons. The van der Waals surface area contributed by atoms with Gasteiger partial charge in [-0.1, -0.05) is 42.5 Å². The summed E-state index contributed by atoms with van der Waals surface area (Å²) in [6.45, 7) is 5.86. The van der Waals surface area contributed by atoms with E-state index in [1.54, 1.807) is 6.92 Å². The summed E-state index contributed by atoms with van der Waals surface area (Å²) in [6.07, 6.45) is 0.819. The Morgan fingerprint density at radius 1 is 0.964 bits per heavy atom. The Labute approximate surface area is 169 Å². The molecule has 4 nitrogen and oxygen atoms in total. The fraction of sp³-hybridized carbons (Fsp3) is 0.217. The highest BCUT2D eigenvalue weighted by Crippen LogP contribution is 2.33. The number of hydrogen-bond donors (Lipinski definition) is 1. The Hall–Kier alpha value is -2.92. The standard InChI is InChI=1S/C23H23NO3S/c1-4-27-23(26)20-15(2)16(3)28-22(20)24-21(25)19-12-10-18(11-13-19)14-17-8-6-5-7-9-17/h5-13H,4,14H2,1-3H3,(H,24,25). The Morgan fingerprint density at radius 3 is 2.25 bits per heavy atom. The van der Waals surface area contributed by atoms with Crippen LogP contribution in [-0.2, 0) is 11.2 Å². The number of carbonyl (C=O) groups excluding carboxylic acids is 2. The van der Waals surface area contributed by atoms with Gasteiger partial charge in [-0.3, -0.25) is 4.79 Å². The van der Waals surface area contributed by atoms with Crippen LogP contribution < -0.4 is 5.32 Å². The van der Waals surface area contributed by atoms with Gasteiger partial charge in [0.1, 0.15) is 5.00 Å². The molecule has 0 unspecified atom stereocenters. The van der Waals surface area contributed by atoms with Crippen molar-refractivity contribution in [3.05, 3.63) is 87.3 Å². The Balaban J connectivity index is 1.75. The third-order valence-corrected chi connectivity index (χ3v) is 5.68. The molecule has 0 fully saturated rings. The van der Waals surface area contributed by atoms with Crippen LogP contribution in [0.4, 0.5) is 5.00 Å². The van der Waals surface area contributed by atoms with Gasteiger partial charge in [0.15, 0.2) is 0 Å². The summed E-state index contributed by atoms with van der Waals surface area (Å²) in [7, 11) is 0. The predicted molar refractivity (Wildman–Crippen MR) is 113 cm³/mol. The SMILES string of the molecule is CCOC(=O)c1c(NC(=O)c2ccc(Cc3ccccc3)cc2)sc(C)c1C. The van der Waals surface area contributed by atoms with E-state index in [-0.39, 0.29) is 5.91 Å². The number of thiophene rings is 1. The molecule has 0 aliphatic carbocycles. The monoisotopic (exact) mass is 393 g/mol. The largest absolute Gasteiger partial charge is 0.462 e. The molecule has 5 heteroatoms. The second-order valence-corrected chi connectivity index (χ2v) is 7.75. The van der Waals surface area contributed by atoms with Crippen molar-refractivity contribution >= 4 is 28.2 Å². The van der Waals surface area contributed by atoms with Crippen molar-refractivity contribution in [2.75, 3.05) is 11.9 Å². The molecule has 0 aliphatic heterocycles. The fourth-order valence-electron chi connectivity index (χ4n) is 2.94. The quantitative estimate of drug-likeness (QED) is 0.572. The summed E-state index contributed by atoms with van der Waals surface area (Å²) in [5.74, 6) is -0.643. The molecule has 0 bridgehead atoms. The normalized spacial score (nSPS) is 10.5. The number of ether oxygens (including phenoxy) is 1. The first kappa shape index (κ1) is 19.8. The van der Waals surface area contributed by atoms with Gasteiger partial charge in [0.05, 0.1) is 12.2 Å². The van der Waals surface area contributed by atoms with Gasteiger partial charge < -0.3 is 10.1 Å². The van der Waals surface area contributed by atoms with Gasteiger partial charge in [-0.25, -0.2) is 4.79 Å². The number of aryl methyl sites for hydroxylation is 1. The summed E-state index contributed by atoms with van der Waals surface area (Å²) in [4.78, 5) is 25.9. The molecule has 0 saturated heterocycles. The zero-order chi connectivity index (χ0) is 20.1. The van der Waals surface area contributed by atoms with E-state index in [4.69, 9.17) is 4.74 Å². The maximum atomic E-state index is 12.7. The molecular weight excluding hydrogens is 370 g/mol. The lowest BCUT2D eigenvalue weighted by molar-refractivity contribution is 0.0527. The number of benzene rings is 2. The molecule has 0 saturated carbocycles. The van der Waals surface area contributed by atoms with Crippen LogP contribution in [0.2, 0.25) is 0 Å². The maximum absolute atomic E-state index is 12.7. The first-order valence-corrected chi connectivity index (χ1v) is 10.0. The lowest BCUT2D eigenvalue weighted by atomic mass is 10.0. The lowest BCUT2D eigenvalue weighted by Crippen LogP contribution is -2.15. The highest BCUT2D eigenvalue weighted by molar-refractivity contribution is 7.16. The zero-order valence-corrected chi connectivity index (χ0v) is 17.1. The van der Waals surface area contributed by atoms with E-state index in [9.17, 15) is 9.59 Å². The van der Waals surface area contributed by atoms with E-state index in [0.717, 1.165) is 22.4 Å². The summed E-state index contributed by atoms with van der Waals surface area (Å²) in [5, 5.41) is 3.41. The summed E-state index contributed by atoms with van der Waals surface area (Å²) in [6, 6.07) is 17.7. The van der Waals surface area contributed by atoms with E-state index in [0.29, 0.717) is 22.7 Å². The minimum absolute atomic E-state index is 0.238. The van der Waals surface area contributed by atoms with Crippen molar-refractivity contribution in [3.63, 3.8) is 0 Å². The Morgan fingerprint density at radius 2 is 1.61 bits per heavy atom. The van der Waals surface area contributed by atoms with Crippen LogP contribution in [0.15, 0.2) is 54.6 Å². The van der Waals surface area contributed by atoms with Gasteiger partial charge in [-0.2, -0.15) is 0 Å². The number of nitrogens with one attached hydrogen (secondary N) is 1. The molecule has 0 aliphatic rings. The molecule has 1 heterocycles. The zero-order valence-electron chi connectivity index (χ0n) is 16.2. The van der Waals surface area contributed by atoms with Crippen molar-refractivity contribution in [2.45, 2.75) is 27.2 Å². The van der Waals surface area contributed by atoms with Crippen LogP contribution in [-0.4, -0.2) is 18.5 Å². The molecule has 0 atom stereocenters. The van der Waals surface area contributed by atoms with Crippen molar-refractivity contribution in [3.8, 4) is 0 Å². The molecule has 1 aromatic heterocycles. The first-order chi connectivity index (χ1) is 13.5. The smallest absolute Gasteiger partial charge is 0.341 e. The van der Waals surface area contributed by atoms with Crippen LogP contribution in [0.3, 0.4) is 0 Å². The summed E-state index contributed by atoms with van der Waals surface area (Å²) >= 11 is 1.39. The highest BCUT2D eigenvalue weighted by atomic mass is 32.1. The number of rotatable bonds is 6. The van der Waals surface area contributed by atoms with Crippen LogP contribution in [0.25, 0.3) is 0 Å². The molecule has 28 heavy (non-hydrogen) atoms. The molecule has 1 amide bonds. The van der Waals surface area contributed by atoms with Crippen LogP contribution in [0, 0.1) is 13.8 Å². The van der Waals surface area contributed by atoms with Gasteiger partial charge in [0, 0.05) is 10.4 Å². The maximum Gasteiger partial charge on any atom is 0.341 e. The minimum Gasteiger partial charge on any atom is -0.462 e. The van der Waals surface area contributed by atoms with Gasteiger partial charge in [0.25, 0.3) is 5.91 Å². The minimum atomic E-state index is -0.405. The van der Waals surface area contributed by atoms with E-state index >= 15 is 0 Å². The topological polar surface area (TPSA) is 55.4 Å². The van der Waals surface area contributed by atoms with Crippen molar-refractivity contribution < 1.29 is 14.3 Å². The van der Waals surface area contributed by atoms with Crippen molar-refractivity contribution in [1.82, 2.24) is 0 Å². The second kappa shape index (κ2) is 8.85. The third kappa shape index (κ3) is 4.49. The lowest BCUT2D eigenvalue weighted by Gasteiger charge is -2.08. The molecule has 3 aromatic rings. The van der Waals surface area contributed by atoms with Gasteiger partial charge >= 0.3 is 5.97 Å². The van der Waals surface area contributed by atoms with Crippen LogP contribution >= 0.6 is 11.3 Å². The molecule has 144 valence electrons. The van der Waals surface area contributed by atoms with Gasteiger partial charge in [0.2, 0.25) is 0 Å². The van der Waals surface area contributed by atoms with Crippen molar-refractivity contribution in [1.29, 1.82) is 0 Å². The second-order valence-electron chi connectivity index (χ2n) is 6.52. The van der Waals surface area contributed by atoms with Crippen LogP contribution in [0.1, 0.15) is 49.2 Å². The van der Waals surface area contributed by atoms with E-state index in [1.807, 2.05) is 56.3 Å². The molecule has 3 rings (SSSR count). The highest BCUT2D eigenvalue weighted by Gasteiger charge is 2.22.